The van der Waals surface area contributed by atoms with Gasteiger partial charge in [0.1, 0.15) is 27.0 Å². The van der Waals surface area contributed by atoms with Crippen LogP contribution in [0.15, 0.2) is 53.8 Å². The number of thiazole rings is 2. The number of carbonyl (C=O) groups is 2. The van der Waals surface area contributed by atoms with Crippen LogP contribution in [0.4, 0.5) is 13.2 Å². The first-order valence-corrected chi connectivity index (χ1v) is 13.8. The lowest BCUT2D eigenvalue weighted by Gasteiger charge is -2.21. The fourth-order valence-corrected chi connectivity index (χ4v) is 4.93. The van der Waals surface area contributed by atoms with E-state index in [0.29, 0.717) is 5.01 Å². The highest BCUT2D eigenvalue weighted by molar-refractivity contribution is 7.16. The molecule has 2 amide bonds. The Morgan fingerprint density at radius 2 is 1.85 bits per heavy atom. The standard InChI is InChI=1S/C26H29F3N4O4S2/c1-15-5-8-17(9-6-15)24-31-14-20(39-24)23(37)33-19(10-7-16(2)34)22(36)32-18(4-3-11-26(27,28)29)21(35)25-30-12-13-38-25/h4-6,8-9,12-14,16,19,21,34-35H,3,7,10-11H2,1-2H3,(H,32,36)(H,33,37)/b18-4-/t16?,19-,21?/m0/s1. The van der Waals surface area contributed by atoms with Gasteiger partial charge in [0.15, 0.2) is 0 Å². The third-order valence-corrected chi connectivity index (χ3v) is 7.44. The van der Waals surface area contributed by atoms with Crippen molar-refractivity contribution in [2.24, 2.45) is 0 Å². The maximum Gasteiger partial charge on any atom is 0.389 e. The first kappa shape index (κ1) is 30.4. The molecule has 210 valence electrons. The van der Waals surface area contributed by atoms with Gasteiger partial charge in [-0.15, -0.1) is 22.7 Å². The molecule has 13 heteroatoms. The predicted octanol–water partition coefficient (Wildman–Crippen LogP) is 4.91. The lowest BCUT2D eigenvalue weighted by Crippen LogP contribution is -2.47. The first-order chi connectivity index (χ1) is 18.4. The second kappa shape index (κ2) is 13.8. The smallest absolute Gasteiger partial charge is 0.389 e. The van der Waals surface area contributed by atoms with Crippen LogP contribution >= 0.6 is 22.7 Å². The summed E-state index contributed by atoms with van der Waals surface area (Å²) in [6.45, 7) is 3.48. The van der Waals surface area contributed by atoms with Gasteiger partial charge in [0, 0.05) is 29.3 Å². The molecule has 3 aromatic rings. The quantitative estimate of drug-likeness (QED) is 0.241. The van der Waals surface area contributed by atoms with E-state index in [1.807, 2.05) is 31.2 Å². The largest absolute Gasteiger partial charge is 0.393 e. The van der Waals surface area contributed by atoms with Crippen LogP contribution in [0, 0.1) is 6.92 Å². The number of aliphatic hydroxyl groups is 2. The van der Waals surface area contributed by atoms with E-state index in [2.05, 4.69) is 20.6 Å². The minimum absolute atomic E-state index is 0.0437. The molecule has 39 heavy (non-hydrogen) atoms. The monoisotopic (exact) mass is 582 g/mol. The predicted molar refractivity (Wildman–Crippen MR) is 143 cm³/mol. The van der Waals surface area contributed by atoms with E-state index in [0.717, 1.165) is 39.9 Å². The van der Waals surface area contributed by atoms with Crippen molar-refractivity contribution in [3.05, 3.63) is 69.3 Å². The summed E-state index contributed by atoms with van der Waals surface area (Å²) in [7, 11) is 0. The summed E-state index contributed by atoms with van der Waals surface area (Å²) in [6.07, 6.45) is -4.15. The molecule has 0 aliphatic rings. The van der Waals surface area contributed by atoms with Crippen LogP contribution in [0.25, 0.3) is 10.6 Å². The van der Waals surface area contributed by atoms with Crippen LogP contribution in [0.3, 0.4) is 0 Å². The summed E-state index contributed by atoms with van der Waals surface area (Å²) in [5.74, 6) is -1.32. The normalized spacial score (nSPS) is 14.5. The number of hydrogen-bond donors (Lipinski definition) is 4. The third kappa shape index (κ3) is 9.53. The van der Waals surface area contributed by atoms with Gasteiger partial charge in [-0.25, -0.2) is 9.97 Å². The molecule has 0 spiro atoms. The van der Waals surface area contributed by atoms with Crippen molar-refractivity contribution in [2.45, 2.75) is 64.0 Å². The average molecular weight is 583 g/mol. The Labute approximate surface area is 231 Å². The summed E-state index contributed by atoms with van der Waals surface area (Å²) in [6, 6.07) is 6.47. The number of nitrogens with zero attached hydrogens (tertiary/aromatic N) is 2. The van der Waals surface area contributed by atoms with E-state index < -0.39 is 49.1 Å². The number of nitrogens with one attached hydrogen (secondary N) is 2. The molecule has 1 aromatic carbocycles. The van der Waals surface area contributed by atoms with Crippen LogP contribution in [0.2, 0.25) is 0 Å². The zero-order valence-electron chi connectivity index (χ0n) is 21.2. The molecule has 0 fully saturated rings. The Morgan fingerprint density at radius 1 is 1.13 bits per heavy atom. The average Bonchev–Trinajstić information content (AvgIpc) is 3.58. The highest BCUT2D eigenvalue weighted by Crippen LogP contribution is 2.27. The van der Waals surface area contributed by atoms with E-state index in [9.17, 15) is 33.0 Å². The van der Waals surface area contributed by atoms with Crippen LogP contribution in [0.1, 0.15) is 59.0 Å². The minimum atomic E-state index is -4.42. The minimum Gasteiger partial charge on any atom is -0.393 e. The summed E-state index contributed by atoms with van der Waals surface area (Å²) < 4.78 is 38.1. The Morgan fingerprint density at radius 3 is 2.46 bits per heavy atom. The lowest BCUT2D eigenvalue weighted by atomic mass is 10.1. The van der Waals surface area contributed by atoms with Crippen LogP contribution in [0.5, 0.6) is 0 Å². The van der Waals surface area contributed by atoms with Gasteiger partial charge in [0.25, 0.3) is 5.91 Å². The molecule has 0 saturated carbocycles. The molecule has 8 nitrogen and oxygen atoms in total. The number of aliphatic hydroxyl groups excluding tert-OH is 2. The van der Waals surface area contributed by atoms with Gasteiger partial charge in [-0.05, 0) is 33.1 Å². The molecular weight excluding hydrogens is 553 g/mol. The summed E-state index contributed by atoms with van der Waals surface area (Å²) in [5, 5.41) is 27.9. The molecule has 2 unspecified atom stereocenters. The van der Waals surface area contributed by atoms with Crippen molar-refractivity contribution in [3.8, 4) is 10.6 Å². The van der Waals surface area contributed by atoms with Gasteiger partial charge >= 0.3 is 6.18 Å². The van der Waals surface area contributed by atoms with Crippen molar-refractivity contribution in [1.29, 1.82) is 0 Å². The topological polar surface area (TPSA) is 124 Å². The van der Waals surface area contributed by atoms with E-state index in [-0.39, 0.29) is 28.4 Å². The molecule has 0 bridgehead atoms. The Balaban J connectivity index is 1.77. The van der Waals surface area contributed by atoms with Crippen molar-refractivity contribution in [2.75, 3.05) is 0 Å². The van der Waals surface area contributed by atoms with Gasteiger partial charge in [-0.3, -0.25) is 9.59 Å². The second-order valence-corrected chi connectivity index (χ2v) is 10.9. The van der Waals surface area contributed by atoms with Gasteiger partial charge < -0.3 is 20.8 Å². The third-order valence-electron chi connectivity index (χ3n) is 5.56. The molecule has 4 N–H and O–H groups in total. The molecule has 0 aliphatic heterocycles. The van der Waals surface area contributed by atoms with Crippen molar-refractivity contribution in [3.63, 3.8) is 0 Å². The van der Waals surface area contributed by atoms with Gasteiger partial charge in [0.05, 0.1) is 12.3 Å². The molecule has 2 aromatic heterocycles. The van der Waals surface area contributed by atoms with E-state index in [1.54, 1.807) is 5.38 Å². The number of allylic oxidation sites excluding steroid dienone is 1. The van der Waals surface area contributed by atoms with Crippen molar-refractivity contribution >= 4 is 34.5 Å². The first-order valence-electron chi connectivity index (χ1n) is 12.1. The number of aryl methyl sites for hydroxylation is 1. The Hall–Kier alpha value is -3.13. The van der Waals surface area contributed by atoms with Gasteiger partial charge in [-0.1, -0.05) is 35.9 Å². The maximum absolute atomic E-state index is 13.2. The second-order valence-electron chi connectivity index (χ2n) is 8.92. The number of rotatable bonds is 12. The van der Waals surface area contributed by atoms with Crippen LogP contribution in [-0.4, -0.2) is 50.3 Å². The lowest BCUT2D eigenvalue weighted by molar-refractivity contribution is -0.133. The molecule has 2 heterocycles. The van der Waals surface area contributed by atoms with E-state index in [4.69, 9.17) is 0 Å². The molecule has 0 saturated heterocycles. The van der Waals surface area contributed by atoms with Crippen LogP contribution in [-0.2, 0) is 4.79 Å². The zero-order valence-corrected chi connectivity index (χ0v) is 22.9. The number of aromatic nitrogens is 2. The number of halogens is 3. The summed E-state index contributed by atoms with van der Waals surface area (Å²) >= 11 is 2.21. The highest BCUT2D eigenvalue weighted by Gasteiger charge is 2.28. The molecular formula is C26H29F3N4O4S2. The van der Waals surface area contributed by atoms with Crippen molar-refractivity contribution < 1.29 is 33.0 Å². The Kier molecular flexibility index (Phi) is 10.7. The maximum atomic E-state index is 13.2. The van der Waals surface area contributed by atoms with Crippen LogP contribution < -0.4 is 10.6 Å². The number of carbonyl (C=O) groups excluding carboxylic acids is 2. The van der Waals surface area contributed by atoms with E-state index >= 15 is 0 Å². The number of amides is 2. The molecule has 0 radical (unpaired) electrons. The number of benzene rings is 1. The van der Waals surface area contributed by atoms with E-state index in [1.165, 1.54) is 19.3 Å². The summed E-state index contributed by atoms with van der Waals surface area (Å²) in [5.41, 5.74) is 1.74. The SMILES string of the molecule is Cc1ccc(-c2ncc(C(=O)N[C@@H](CCC(C)O)C(=O)N/C(=C\CCC(F)(F)F)C(O)c3nccs3)s2)cc1. The van der Waals surface area contributed by atoms with Crippen molar-refractivity contribution in [1.82, 2.24) is 20.6 Å². The Bertz CT molecular complexity index is 1260. The molecule has 3 atom stereocenters. The number of hydrogen-bond acceptors (Lipinski definition) is 8. The van der Waals surface area contributed by atoms with Gasteiger partial charge in [-0.2, -0.15) is 13.2 Å². The fraction of sp³-hybridized carbons (Fsp3) is 0.385. The fourth-order valence-electron chi connectivity index (χ4n) is 3.47. The van der Waals surface area contributed by atoms with Gasteiger partial charge in [0.2, 0.25) is 5.91 Å². The molecule has 3 rings (SSSR count). The zero-order chi connectivity index (χ0) is 28.6. The summed E-state index contributed by atoms with van der Waals surface area (Å²) in [4.78, 5) is 34.7. The number of alkyl halides is 3. The highest BCUT2D eigenvalue weighted by atomic mass is 32.1. The molecule has 0 aliphatic carbocycles.